The molecule has 94 valence electrons. The normalized spacial score (nSPS) is 34.3. The molecule has 0 radical (unpaired) electrons. The smallest absolute Gasteiger partial charge is 0.198 e. The summed E-state index contributed by atoms with van der Waals surface area (Å²) in [7, 11) is 0. The lowest BCUT2D eigenvalue weighted by molar-refractivity contribution is 0.256. The molecule has 5 rings (SSSR count). The Kier molecular flexibility index (Phi) is 1.83. The number of hydrogen-bond acceptors (Lipinski definition) is 3. The SMILES string of the molecule is OCCn1c(O)c2c(c1O)C1C=CC2C2C=CC12. The van der Waals surface area contributed by atoms with Gasteiger partial charge in [-0.15, -0.1) is 0 Å². The Morgan fingerprint density at radius 2 is 1.39 bits per heavy atom. The number of rotatable bonds is 2. The van der Waals surface area contributed by atoms with E-state index in [9.17, 15) is 10.2 Å². The lowest BCUT2D eigenvalue weighted by Gasteiger charge is -2.47. The van der Waals surface area contributed by atoms with Crippen molar-refractivity contribution in [2.45, 2.75) is 18.4 Å². The summed E-state index contributed by atoms with van der Waals surface area (Å²) in [5, 5.41) is 29.6. The second-order valence-electron chi connectivity index (χ2n) is 5.33. The van der Waals surface area contributed by atoms with Crippen LogP contribution in [0, 0.1) is 11.8 Å². The highest BCUT2D eigenvalue weighted by molar-refractivity contribution is 5.59. The molecule has 0 fully saturated rings. The molecule has 1 aromatic heterocycles. The van der Waals surface area contributed by atoms with E-state index in [1.54, 1.807) is 0 Å². The van der Waals surface area contributed by atoms with Gasteiger partial charge in [-0.05, 0) is 11.8 Å². The first-order chi connectivity index (χ1) is 8.74. The fraction of sp³-hybridized carbons (Fsp3) is 0.429. The van der Waals surface area contributed by atoms with Crippen molar-refractivity contribution < 1.29 is 15.3 Å². The zero-order chi connectivity index (χ0) is 12.4. The first kappa shape index (κ1) is 10.3. The predicted molar refractivity (Wildman–Crippen MR) is 65.6 cm³/mol. The molecule has 1 aromatic rings. The van der Waals surface area contributed by atoms with E-state index in [0.717, 1.165) is 11.1 Å². The minimum atomic E-state index is -0.0947. The van der Waals surface area contributed by atoms with Gasteiger partial charge < -0.3 is 15.3 Å². The molecule has 0 amide bonds. The highest BCUT2D eigenvalue weighted by atomic mass is 16.3. The lowest BCUT2D eigenvalue weighted by atomic mass is 9.56. The maximum atomic E-state index is 10.3. The van der Waals surface area contributed by atoms with Crippen molar-refractivity contribution in [3.63, 3.8) is 0 Å². The maximum Gasteiger partial charge on any atom is 0.198 e. The number of aliphatic hydroxyl groups is 1. The van der Waals surface area contributed by atoms with Crippen LogP contribution in [0.5, 0.6) is 11.8 Å². The summed E-state index contributed by atoms with van der Waals surface area (Å²) >= 11 is 0. The topological polar surface area (TPSA) is 65.6 Å². The van der Waals surface area contributed by atoms with Crippen molar-refractivity contribution in [2.75, 3.05) is 6.61 Å². The summed E-state index contributed by atoms with van der Waals surface area (Å²) in [6.07, 6.45) is 8.66. The van der Waals surface area contributed by atoms with Crippen LogP contribution in [-0.2, 0) is 6.54 Å². The Morgan fingerprint density at radius 1 is 0.889 bits per heavy atom. The molecule has 1 heterocycles. The van der Waals surface area contributed by atoms with E-state index in [2.05, 4.69) is 24.3 Å². The molecule has 4 nitrogen and oxygen atoms in total. The summed E-state index contributed by atoms with van der Waals surface area (Å²) in [5.74, 6) is 1.51. The first-order valence-corrected chi connectivity index (χ1v) is 6.35. The molecule has 3 N–H and O–H groups in total. The van der Waals surface area contributed by atoms with E-state index in [0.29, 0.717) is 11.8 Å². The zero-order valence-corrected chi connectivity index (χ0v) is 9.82. The fourth-order valence-electron chi connectivity index (χ4n) is 3.76. The van der Waals surface area contributed by atoms with Crippen molar-refractivity contribution in [1.29, 1.82) is 0 Å². The van der Waals surface area contributed by atoms with Gasteiger partial charge in [0.15, 0.2) is 11.8 Å². The van der Waals surface area contributed by atoms with Gasteiger partial charge in [0.25, 0.3) is 0 Å². The van der Waals surface area contributed by atoms with Gasteiger partial charge in [-0.25, -0.2) is 0 Å². The Hall–Kier alpha value is -1.68. The van der Waals surface area contributed by atoms with Gasteiger partial charge in [0.1, 0.15) is 0 Å². The average molecular weight is 245 g/mol. The van der Waals surface area contributed by atoms with E-state index in [1.807, 2.05) is 0 Å². The molecule has 0 aliphatic heterocycles. The lowest BCUT2D eigenvalue weighted by Crippen LogP contribution is -2.36. The van der Waals surface area contributed by atoms with Crippen LogP contribution >= 0.6 is 0 Å². The van der Waals surface area contributed by atoms with E-state index >= 15 is 0 Å². The number of aromatic hydroxyl groups is 2. The minimum Gasteiger partial charge on any atom is -0.494 e. The van der Waals surface area contributed by atoms with E-state index in [4.69, 9.17) is 5.11 Å². The fourth-order valence-corrected chi connectivity index (χ4v) is 3.76. The number of nitrogens with zero attached hydrogens (tertiary/aromatic N) is 1. The Morgan fingerprint density at radius 3 is 1.78 bits per heavy atom. The summed E-state index contributed by atoms with van der Waals surface area (Å²) in [5.41, 5.74) is 1.72. The van der Waals surface area contributed by atoms with E-state index < -0.39 is 0 Å². The molecule has 18 heavy (non-hydrogen) atoms. The largest absolute Gasteiger partial charge is 0.494 e. The van der Waals surface area contributed by atoms with Crippen molar-refractivity contribution in [3.8, 4) is 11.8 Å². The minimum absolute atomic E-state index is 0.0947. The highest BCUT2D eigenvalue weighted by Gasteiger charge is 2.49. The van der Waals surface area contributed by atoms with Crippen LogP contribution in [0.15, 0.2) is 24.3 Å². The predicted octanol–water partition coefficient (Wildman–Crippen LogP) is 1.44. The van der Waals surface area contributed by atoms with Crippen LogP contribution in [0.1, 0.15) is 23.0 Å². The monoisotopic (exact) mass is 245 g/mol. The van der Waals surface area contributed by atoms with Crippen LogP contribution in [-0.4, -0.2) is 26.5 Å². The number of aromatic nitrogens is 1. The Bertz CT molecular complexity index is 539. The van der Waals surface area contributed by atoms with Gasteiger partial charge in [-0.2, -0.15) is 0 Å². The van der Waals surface area contributed by atoms with Gasteiger partial charge in [-0.3, -0.25) is 4.57 Å². The first-order valence-electron chi connectivity index (χ1n) is 6.35. The van der Waals surface area contributed by atoms with Crippen molar-refractivity contribution in [3.05, 3.63) is 35.4 Å². The van der Waals surface area contributed by atoms with Crippen molar-refractivity contribution >= 4 is 0 Å². The second-order valence-corrected chi connectivity index (χ2v) is 5.33. The van der Waals surface area contributed by atoms with E-state index in [1.165, 1.54) is 4.57 Å². The molecule has 4 heteroatoms. The van der Waals surface area contributed by atoms with Gasteiger partial charge in [0.05, 0.1) is 13.2 Å². The maximum absolute atomic E-state index is 10.3. The molecule has 0 saturated carbocycles. The van der Waals surface area contributed by atoms with Gasteiger partial charge >= 0.3 is 0 Å². The third-order valence-corrected chi connectivity index (χ3v) is 4.63. The van der Waals surface area contributed by atoms with Crippen LogP contribution in [0.4, 0.5) is 0 Å². The van der Waals surface area contributed by atoms with Gasteiger partial charge in [0.2, 0.25) is 0 Å². The summed E-state index contributed by atoms with van der Waals surface area (Å²) < 4.78 is 1.42. The molecular weight excluding hydrogens is 230 g/mol. The summed E-state index contributed by atoms with van der Waals surface area (Å²) in [6.45, 7) is 0.134. The Labute approximate surface area is 104 Å². The van der Waals surface area contributed by atoms with Gasteiger partial charge in [-0.1, -0.05) is 24.3 Å². The molecule has 4 aliphatic carbocycles. The van der Waals surface area contributed by atoms with Crippen molar-refractivity contribution in [2.24, 2.45) is 11.8 Å². The van der Waals surface area contributed by atoms with Crippen LogP contribution in [0.25, 0.3) is 0 Å². The molecule has 0 saturated heterocycles. The number of allylic oxidation sites excluding steroid dienone is 4. The molecule has 0 aromatic carbocycles. The van der Waals surface area contributed by atoms with Gasteiger partial charge in [0, 0.05) is 23.0 Å². The molecule has 4 aliphatic rings. The summed E-state index contributed by atoms with van der Waals surface area (Å²) in [4.78, 5) is 0. The number of hydrogen-bond donors (Lipinski definition) is 3. The molecule has 2 bridgehead atoms. The quantitative estimate of drug-likeness (QED) is 0.691. The van der Waals surface area contributed by atoms with Crippen LogP contribution in [0.2, 0.25) is 0 Å². The highest BCUT2D eigenvalue weighted by Crippen LogP contribution is 2.61. The molecule has 4 unspecified atom stereocenters. The third kappa shape index (κ3) is 0.965. The third-order valence-electron chi connectivity index (χ3n) is 4.63. The standard InChI is InChI=1S/C14H15NO3/c16-6-5-15-13(17)11-9-3-4-10(12(11)14(15)18)8-2-1-7(8)9/h1-4,7-10,16-18H,5-6H2. The molecule has 4 atom stereocenters. The van der Waals surface area contributed by atoms with E-state index in [-0.39, 0.29) is 36.7 Å². The Balaban J connectivity index is 1.93. The number of aliphatic hydroxyl groups excluding tert-OH is 1. The summed E-state index contributed by atoms with van der Waals surface area (Å²) in [6, 6.07) is 0. The molecular formula is C14H15NO3. The average Bonchev–Trinajstić information content (AvgIpc) is 2.56. The second kappa shape index (κ2) is 3.20. The zero-order valence-electron chi connectivity index (χ0n) is 9.82. The van der Waals surface area contributed by atoms with Crippen molar-refractivity contribution in [1.82, 2.24) is 4.57 Å². The van der Waals surface area contributed by atoms with Crippen LogP contribution < -0.4 is 0 Å². The van der Waals surface area contributed by atoms with Crippen LogP contribution in [0.3, 0.4) is 0 Å². The molecule has 0 spiro atoms.